The van der Waals surface area contributed by atoms with Crippen LogP contribution in [-0.2, 0) is 9.59 Å². The van der Waals surface area contributed by atoms with E-state index < -0.39 is 6.04 Å². The molecule has 1 N–H and O–H groups in total. The molecule has 1 aliphatic rings. The van der Waals surface area contributed by atoms with Crippen molar-refractivity contribution in [3.63, 3.8) is 0 Å². The highest BCUT2D eigenvalue weighted by Gasteiger charge is 2.33. The first-order valence-electron chi connectivity index (χ1n) is 6.65. The van der Waals surface area contributed by atoms with Crippen molar-refractivity contribution in [2.45, 2.75) is 33.2 Å². The van der Waals surface area contributed by atoms with Crippen LogP contribution in [0.5, 0.6) is 0 Å². The molecule has 2 amide bonds. The van der Waals surface area contributed by atoms with Crippen LogP contribution in [0.25, 0.3) is 0 Å². The zero-order valence-electron chi connectivity index (χ0n) is 11.6. The maximum absolute atomic E-state index is 12.4. The first kappa shape index (κ1) is 13.6. The Kier molecular flexibility index (Phi) is 3.88. The van der Waals surface area contributed by atoms with E-state index in [9.17, 15) is 9.59 Å². The average Bonchev–Trinajstić information content (AvgIpc) is 2.32. The van der Waals surface area contributed by atoms with E-state index in [1.807, 2.05) is 45.0 Å². The van der Waals surface area contributed by atoms with Crippen molar-refractivity contribution in [1.29, 1.82) is 0 Å². The van der Waals surface area contributed by atoms with Gasteiger partial charge in [0.05, 0.1) is 0 Å². The van der Waals surface area contributed by atoms with Crippen LogP contribution in [0.2, 0.25) is 0 Å². The lowest BCUT2D eigenvalue weighted by Crippen LogP contribution is -2.58. The standard InChI is InChI=1S/C15H20N2O2/c1-10(2)7-13-15(19)17(9-14(18)16-13)12-6-4-5-11(3)8-12/h4-6,8,10,13H,7,9H2,1-3H3,(H,16,18). The summed E-state index contributed by atoms with van der Waals surface area (Å²) in [5.74, 6) is 0.261. The van der Waals surface area contributed by atoms with E-state index >= 15 is 0 Å². The van der Waals surface area contributed by atoms with Crippen LogP contribution in [0, 0.1) is 12.8 Å². The van der Waals surface area contributed by atoms with Crippen LogP contribution in [0.1, 0.15) is 25.8 Å². The van der Waals surface area contributed by atoms with Gasteiger partial charge in [-0.1, -0.05) is 26.0 Å². The van der Waals surface area contributed by atoms with Crippen LogP contribution in [0.3, 0.4) is 0 Å². The molecule has 0 radical (unpaired) electrons. The molecule has 0 aromatic heterocycles. The lowest BCUT2D eigenvalue weighted by atomic mass is 10.0. The van der Waals surface area contributed by atoms with Gasteiger partial charge in [0, 0.05) is 5.69 Å². The number of carbonyl (C=O) groups excluding carboxylic acids is 2. The number of carbonyl (C=O) groups is 2. The minimum Gasteiger partial charge on any atom is -0.343 e. The van der Waals surface area contributed by atoms with Crippen LogP contribution >= 0.6 is 0 Å². The second kappa shape index (κ2) is 5.43. The number of nitrogens with one attached hydrogen (secondary N) is 1. The average molecular weight is 260 g/mol. The molecule has 0 spiro atoms. The summed E-state index contributed by atoms with van der Waals surface area (Å²) < 4.78 is 0. The van der Waals surface area contributed by atoms with Gasteiger partial charge < -0.3 is 10.2 Å². The van der Waals surface area contributed by atoms with Crippen molar-refractivity contribution >= 4 is 17.5 Å². The summed E-state index contributed by atoms with van der Waals surface area (Å²) in [5.41, 5.74) is 1.88. The summed E-state index contributed by atoms with van der Waals surface area (Å²) in [6, 6.07) is 7.28. The first-order chi connectivity index (χ1) is 8.97. The number of benzene rings is 1. The third kappa shape index (κ3) is 3.13. The molecule has 1 aromatic carbocycles. The molecule has 4 heteroatoms. The monoisotopic (exact) mass is 260 g/mol. The second-order valence-electron chi connectivity index (χ2n) is 5.51. The number of anilines is 1. The minimum absolute atomic E-state index is 0.0149. The van der Waals surface area contributed by atoms with Crippen LogP contribution in [-0.4, -0.2) is 24.4 Å². The van der Waals surface area contributed by atoms with Gasteiger partial charge in [-0.3, -0.25) is 9.59 Å². The van der Waals surface area contributed by atoms with E-state index in [0.29, 0.717) is 12.3 Å². The largest absolute Gasteiger partial charge is 0.343 e. The number of amides is 2. The van der Waals surface area contributed by atoms with Gasteiger partial charge >= 0.3 is 0 Å². The summed E-state index contributed by atoms with van der Waals surface area (Å²) in [5, 5.41) is 2.78. The maximum Gasteiger partial charge on any atom is 0.250 e. The van der Waals surface area contributed by atoms with Crippen molar-refractivity contribution in [1.82, 2.24) is 5.32 Å². The summed E-state index contributed by atoms with van der Waals surface area (Å²) in [6.45, 7) is 6.18. The van der Waals surface area contributed by atoms with Gasteiger partial charge in [-0.15, -0.1) is 0 Å². The molecule has 1 fully saturated rings. The van der Waals surface area contributed by atoms with Crippen LogP contribution < -0.4 is 10.2 Å². The predicted octanol–water partition coefficient (Wildman–Crippen LogP) is 1.87. The van der Waals surface area contributed by atoms with Gasteiger partial charge in [0.25, 0.3) is 0 Å². The molecule has 1 aliphatic heterocycles. The topological polar surface area (TPSA) is 49.4 Å². The van der Waals surface area contributed by atoms with Crippen LogP contribution in [0.4, 0.5) is 5.69 Å². The molecule has 19 heavy (non-hydrogen) atoms. The smallest absolute Gasteiger partial charge is 0.250 e. The van der Waals surface area contributed by atoms with E-state index in [2.05, 4.69) is 5.32 Å². The molecule has 4 nitrogen and oxygen atoms in total. The Morgan fingerprint density at radius 2 is 2.11 bits per heavy atom. The Balaban J connectivity index is 2.24. The molecule has 1 heterocycles. The quantitative estimate of drug-likeness (QED) is 0.902. The molecule has 0 aliphatic carbocycles. The Morgan fingerprint density at radius 1 is 1.37 bits per heavy atom. The van der Waals surface area contributed by atoms with E-state index in [-0.39, 0.29) is 18.4 Å². The fraction of sp³-hybridized carbons (Fsp3) is 0.467. The molecule has 0 saturated carbocycles. The van der Waals surface area contributed by atoms with Crippen molar-refractivity contribution in [2.75, 3.05) is 11.4 Å². The number of hydrogen-bond donors (Lipinski definition) is 1. The van der Waals surface area contributed by atoms with Crippen LogP contribution in [0.15, 0.2) is 24.3 Å². The van der Waals surface area contributed by atoms with Crippen molar-refractivity contribution in [3.05, 3.63) is 29.8 Å². The fourth-order valence-corrected chi connectivity index (χ4v) is 2.36. The molecular formula is C15H20N2O2. The molecular weight excluding hydrogens is 240 g/mol. The van der Waals surface area contributed by atoms with Gasteiger partial charge in [-0.2, -0.15) is 0 Å². The lowest BCUT2D eigenvalue weighted by molar-refractivity contribution is -0.131. The van der Waals surface area contributed by atoms with Gasteiger partial charge in [0.2, 0.25) is 11.8 Å². The Labute approximate surface area is 113 Å². The molecule has 2 rings (SSSR count). The Morgan fingerprint density at radius 3 is 2.74 bits per heavy atom. The highest BCUT2D eigenvalue weighted by molar-refractivity contribution is 6.06. The third-order valence-electron chi connectivity index (χ3n) is 3.22. The SMILES string of the molecule is Cc1cccc(N2CC(=O)NC(CC(C)C)C2=O)c1. The summed E-state index contributed by atoms with van der Waals surface area (Å²) >= 11 is 0. The van der Waals surface area contributed by atoms with Crippen molar-refractivity contribution < 1.29 is 9.59 Å². The van der Waals surface area contributed by atoms with Gasteiger partial charge in [-0.25, -0.2) is 0 Å². The predicted molar refractivity (Wildman–Crippen MR) is 74.9 cm³/mol. The zero-order valence-corrected chi connectivity index (χ0v) is 11.6. The van der Waals surface area contributed by atoms with E-state index in [1.165, 1.54) is 0 Å². The number of nitrogens with zero attached hydrogens (tertiary/aromatic N) is 1. The van der Waals surface area contributed by atoms with E-state index in [4.69, 9.17) is 0 Å². The van der Waals surface area contributed by atoms with Crippen molar-refractivity contribution in [2.24, 2.45) is 5.92 Å². The highest BCUT2D eigenvalue weighted by atomic mass is 16.2. The summed E-state index contributed by atoms with van der Waals surface area (Å²) in [6.07, 6.45) is 0.674. The van der Waals surface area contributed by atoms with Gasteiger partial charge in [0.15, 0.2) is 0 Å². The normalized spacial score (nSPS) is 19.8. The molecule has 1 saturated heterocycles. The van der Waals surface area contributed by atoms with E-state index in [0.717, 1.165) is 11.3 Å². The summed E-state index contributed by atoms with van der Waals surface area (Å²) in [4.78, 5) is 25.8. The van der Waals surface area contributed by atoms with E-state index in [1.54, 1.807) is 4.90 Å². The number of hydrogen-bond acceptors (Lipinski definition) is 2. The Hall–Kier alpha value is -1.84. The third-order valence-corrected chi connectivity index (χ3v) is 3.22. The highest BCUT2D eigenvalue weighted by Crippen LogP contribution is 2.20. The van der Waals surface area contributed by atoms with Gasteiger partial charge in [-0.05, 0) is 37.0 Å². The number of aryl methyl sites for hydroxylation is 1. The number of piperazine rings is 1. The molecule has 0 bridgehead atoms. The second-order valence-corrected chi connectivity index (χ2v) is 5.51. The lowest BCUT2D eigenvalue weighted by Gasteiger charge is -2.33. The molecule has 1 atom stereocenters. The molecule has 1 aromatic rings. The molecule has 102 valence electrons. The zero-order chi connectivity index (χ0) is 14.0. The molecule has 1 unspecified atom stereocenters. The van der Waals surface area contributed by atoms with Gasteiger partial charge in [0.1, 0.15) is 12.6 Å². The fourth-order valence-electron chi connectivity index (χ4n) is 2.36. The summed E-state index contributed by atoms with van der Waals surface area (Å²) in [7, 11) is 0. The Bertz CT molecular complexity index is 497. The first-order valence-corrected chi connectivity index (χ1v) is 6.65. The maximum atomic E-state index is 12.4. The minimum atomic E-state index is -0.401. The number of rotatable bonds is 3. The van der Waals surface area contributed by atoms with Crippen molar-refractivity contribution in [3.8, 4) is 0 Å².